The molecule has 0 N–H and O–H groups in total. The summed E-state index contributed by atoms with van der Waals surface area (Å²) in [5.74, 6) is 0.390. The summed E-state index contributed by atoms with van der Waals surface area (Å²) in [6.07, 6.45) is 3.62. The van der Waals surface area contributed by atoms with E-state index in [1.54, 1.807) is 6.07 Å². The fourth-order valence-corrected chi connectivity index (χ4v) is 4.71. The standard InChI is InChI=1S/C29H32O6/c1-4-19-16-27(32-2)25(29(31)33-3)17-26(19)35-23-14-12-21(13-15-23)28(30)34-18-22-10-7-9-20-8-5-6-11-24(20)22/h5-11,16-17,21,23H,4,12-15,18H2,1-3H3. The zero-order valence-electron chi connectivity index (χ0n) is 20.5. The van der Waals surface area contributed by atoms with E-state index in [2.05, 4.69) is 18.2 Å². The van der Waals surface area contributed by atoms with Crippen molar-refractivity contribution >= 4 is 22.7 Å². The number of ether oxygens (including phenoxy) is 4. The van der Waals surface area contributed by atoms with Gasteiger partial charge in [-0.25, -0.2) is 4.79 Å². The number of hydrogen-bond donors (Lipinski definition) is 0. The van der Waals surface area contributed by atoms with Crippen LogP contribution in [0.1, 0.15) is 54.1 Å². The molecule has 0 aromatic heterocycles. The Kier molecular flexibility index (Phi) is 7.91. The lowest BCUT2D eigenvalue weighted by molar-refractivity contribution is -0.151. The quantitative estimate of drug-likeness (QED) is 0.378. The van der Waals surface area contributed by atoms with Crippen LogP contribution in [-0.2, 0) is 27.3 Å². The number of esters is 2. The third-order valence-corrected chi connectivity index (χ3v) is 6.72. The Morgan fingerprint density at radius 2 is 1.63 bits per heavy atom. The third-order valence-electron chi connectivity index (χ3n) is 6.72. The third kappa shape index (κ3) is 5.59. The van der Waals surface area contributed by atoms with Crippen molar-refractivity contribution in [3.8, 4) is 11.5 Å². The molecule has 1 aliphatic rings. The first kappa shape index (κ1) is 24.6. The summed E-state index contributed by atoms with van der Waals surface area (Å²) in [5.41, 5.74) is 2.32. The highest BCUT2D eigenvalue weighted by Gasteiger charge is 2.29. The Bertz CT molecular complexity index is 1190. The molecule has 1 saturated carbocycles. The number of fused-ring (bicyclic) bond motifs is 1. The van der Waals surface area contributed by atoms with Crippen molar-refractivity contribution in [1.82, 2.24) is 0 Å². The average Bonchev–Trinajstić information content (AvgIpc) is 2.91. The van der Waals surface area contributed by atoms with Crippen molar-refractivity contribution < 1.29 is 28.5 Å². The summed E-state index contributed by atoms with van der Waals surface area (Å²) in [4.78, 5) is 25.0. The lowest BCUT2D eigenvalue weighted by atomic mass is 9.87. The maximum absolute atomic E-state index is 12.8. The van der Waals surface area contributed by atoms with Crippen LogP contribution in [0.2, 0.25) is 0 Å². The maximum Gasteiger partial charge on any atom is 0.341 e. The van der Waals surface area contributed by atoms with Crippen LogP contribution in [0, 0.1) is 5.92 Å². The predicted molar refractivity (Wildman–Crippen MR) is 134 cm³/mol. The van der Waals surface area contributed by atoms with E-state index in [1.165, 1.54) is 14.2 Å². The van der Waals surface area contributed by atoms with Gasteiger partial charge in [0.2, 0.25) is 0 Å². The lowest BCUT2D eigenvalue weighted by Crippen LogP contribution is -2.29. The Labute approximate surface area is 206 Å². The number of hydrogen-bond acceptors (Lipinski definition) is 6. The average molecular weight is 477 g/mol. The number of benzene rings is 3. The van der Waals surface area contributed by atoms with Gasteiger partial charge in [-0.05, 0) is 66.1 Å². The van der Waals surface area contributed by atoms with Crippen molar-refractivity contribution in [1.29, 1.82) is 0 Å². The van der Waals surface area contributed by atoms with Gasteiger partial charge in [0.05, 0.1) is 26.2 Å². The van der Waals surface area contributed by atoms with Crippen LogP contribution in [0.15, 0.2) is 54.6 Å². The van der Waals surface area contributed by atoms with Crippen LogP contribution in [-0.4, -0.2) is 32.3 Å². The van der Waals surface area contributed by atoms with Crippen LogP contribution in [0.4, 0.5) is 0 Å². The maximum atomic E-state index is 12.8. The fraction of sp³-hybridized carbons (Fsp3) is 0.379. The monoisotopic (exact) mass is 476 g/mol. The minimum absolute atomic E-state index is 0.0266. The molecule has 0 unspecified atom stereocenters. The number of methoxy groups -OCH3 is 2. The highest BCUT2D eigenvalue weighted by Crippen LogP contribution is 2.34. The van der Waals surface area contributed by atoms with Gasteiger partial charge in [-0.15, -0.1) is 0 Å². The summed E-state index contributed by atoms with van der Waals surface area (Å²) in [7, 11) is 2.87. The van der Waals surface area contributed by atoms with Crippen molar-refractivity contribution in [2.45, 2.75) is 51.7 Å². The zero-order chi connectivity index (χ0) is 24.8. The molecule has 0 saturated heterocycles. The molecule has 0 bridgehead atoms. The van der Waals surface area contributed by atoms with Gasteiger partial charge in [0.15, 0.2) is 0 Å². The summed E-state index contributed by atoms with van der Waals surface area (Å²) >= 11 is 0. The molecule has 0 spiro atoms. The molecule has 0 heterocycles. The normalized spacial score (nSPS) is 17.6. The van der Waals surface area contributed by atoms with Gasteiger partial charge in [0.25, 0.3) is 0 Å². The first-order valence-electron chi connectivity index (χ1n) is 12.1. The van der Waals surface area contributed by atoms with Crippen LogP contribution in [0.3, 0.4) is 0 Å². The Morgan fingerprint density at radius 3 is 2.34 bits per heavy atom. The van der Waals surface area contributed by atoms with Crippen LogP contribution in [0.5, 0.6) is 11.5 Å². The van der Waals surface area contributed by atoms with Crippen LogP contribution < -0.4 is 9.47 Å². The Balaban J connectivity index is 1.35. The minimum atomic E-state index is -0.466. The van der Waals surface area contributed by atoms with Crippen LogP contribution in [0.25, 0.3) is 10.8 Å². The van der Waals surface area contributed by atoms with Crippen molar-refractivity contribution in [2.24, 2.45) is 5.92 Å². The summed E-state index contributed by atoms with van der Waals surface area (Å²) in [6.45, 7) is 2.31. The second-order valence-corrected chi connectivity index (χ2v) is 8.84. The fourth-order valence-electron chi connectivity index (χ4n) is 4.71. The molecule has 3 aromatic rings. The largest absolute Gasteiger partial charge is 0.496 e. The Hall–Kier alpha value is -3.54. The van der Waals surface area contributed by atoms with E-state index in [4.69, 9.17) is 18.9 Å². The molecule has 1 aliphatic carbocycles. The van der Waals surface area contributed by atoms with E-state index < -0.39 is 5.97 Å². The molecule has 6 nitrogen and oxygen atoms in total. The van der Waals surface area contributed by atoms with Gasteiger partial charge >= 0.3 is 11.9 Å². The topological polar surface area (TPSA) is 71.1 Å². The molecule has 0 amide bonds. The predicted octanol–water partition coefficient (Wildman–Crippen LogP) is 5.88. The number of rotatable bonds is 8. The molecule has 0 aliphatic heterocycles. The van der Waals surface area contributed by atoms with Gasteiger partial charge in [0, 0.05) is 0 Å². The highest BCUT2D eigenvalue weighted by atomic mass is 16.5. The summed E-state index contributed by atoms with van der Waals surface area (Å²) < 4.78 is 22.3. The van der Waals surface area contributed by atoms with E-state index >= 15 is 0 Å². The van der Waals surface area contributed by atoms with Crippen molar-refractivity contribution in [3.05, 3.63) is 71.3 Å². The summed E-state index contributed by atoms with van der Waals surface area (Å²) in [5, 5.41) is 2.25. The molecular formula is C29H32O6. The number of carbonyl (C=O) groups is 2. The van der Waals surface area contributed by atoms with Gasteiger partial charge in [-0.2, -0.15) is 0 Å². The molecule has 1 fully saturated rings. The zero-order valence-corrected chi connectivity index (χ0v) is 20.5. The van der Waals surface area contributed by atoms with Gasteiger partial charge in [-0.3, -0.25) is 4.79 Å². The second-order valence-electron chi connectivity index (χ2n) is 8.84. The van der Waals surface area contributed by atoms with Crippen molar-refractivity contribution in [2.75, 3.05) is 14.2 Å². The minimum Gasteiger partial charge on any atom is -0.496 e. The van der Waals surface area contributed by atoms with E-state index in [9.17, 15) is 9.59 Å². The van der Waals surface area contributed by atoms with E-state index in [0.717, 1.165) is 41.2 Å². The number of carbonyl (C=O) groups excluding carboxylic acids is 2. The highest BCUT2D eigenvalue weighted by molar-refractivity contribution is 5.93. The molecule has 184 valence electrons. The second kappa shape index (κ2) is 11.3. The molecule has 0 atom stereocenters. The van der Waals surface area contributed by atoms with Gasteiger partial charge in [0.1, 0.15) is 23.7 Å². The SMILES string of the molecule is CCc1cc(OC)c(C(=O)OC)cc1OC1CCC(C(=O)OCc2cccc3ccccc23)CC1. The molecular weight excluding hydrogens is 444 g/mol. The van der Waals surface area contributed by atoms with Gasteiger partial charge < -0.3 is 18.9 Å². The molecule has 3 aromatic carbocycles. The molecule has 6 heteroatoms. The smallest absolute Gasteiger partial charge is 0.341 e. The molecule has 35 heavy (non-hydrogen) atoms. The number of aryl methyl sites for hydroxylation is 1. The van der Waals surface area contributed by atoms with E-state index in [0.29, 0.717) is 29.9 Å². The van der Waals surface area contributed by atoms with Crippen LogP contribution >= 0.6 is 0 Å². The van der Waals surface area contributed by atoms with Gasteiger partial charge in [-0.1, -0.05) is 49.4 Å². The molecule has 4 rings (SSSR count). The van der Waals surface area contributed by atoms with Crippen molar-refractivity contribution in [3.63, 3.8) is 0 Å². The molecule has 0 radical (unpaired) electrons. The first-order chi connectivity index (χ1) is 17.0. The van der Waals surface area contributed by atoms with E-state index in [1.807, 2.05) is 37.3 Å². The first-order valence-corrected chi connectivity index (χ1v) is 12.1. The Morgan fingerprint density at radius 1 is 0.886 bits per heavy atom. The summed E-state index contributed by atoms with van der Waals surface area (Å²) in [6, 6.07) is 17.7. The van der Waals surface area contributed by atoms with E-state index in [-0.39, 0.29) is 24.6 Å². The lowest BCUT2D eigenvalue weighted by Gasteiger charge is -2.29.